The maximum atomic E-state index is 5.70. The molecule has 20 heavy (non-hydrogen) atoms. The molecular formula is C16H23N3O. The summed E-state index contributed by atoms with van der Waals surface area (Å²) in [5.41, 5.74) is 1.31. The molecule has 1 aliphatic carbocycles. The smallest absolute Gasteiger partial charge is 0.191 e. The van der Waals surface area contributed by atoms with Gasteiger partial charge in [0.15, 0.2) is 5.96 Å². The summed E-state index contributed by atoms with van der Waals surface area (Å²) < 4.78 is 5.70. The number of guanidine groups is 1. The van der Waals surface area contributed by atoms with Crippen LogP contribution in [0.1, 0.15) is 30.7 Å². The highest BCUT2D eigenvalue weighted by Gasteiger charge is 2.23. The fourth-order valence-electron chi connectivity index (χ4n) is 2.63. The highest BCUT2D eigenvalue weighted by Crippen LogP contribution is 2.32. The van der Waals surface area contributed by atoms with Crippen molar-refractivity contribution in [2.75, 3.05) is 26.7 Å². The lowest BCUT2D eigenvalue weighted by atomic mass is 9.93. The van der Waals surface area contributed by atoms with Crippen LogP contribution < -0.4 is 15.4 Å². The number of nitrogens with one attached hydrogen (secondary N) is 2. The number of para-hydroxylation sites is 1. The SMILES string of the molecule is CN=C(NCC1CC1)NCC1CCOc2ccccc21. The molecule has 1 atom stereocenters. The van der Waals surface area contributed by atoms with Gasteiger partial charge in [0, 0.05) is 26.1 Å². The maximum absolute atomic E-state index is 5.70. The highest BCUT2D eigenvalue weighted by atomic mass is 16.5. The molecule has 1 aromatic carbocycles. The third kappa shape index (κ3) is 3.24. The lowest BCUT2D eigenvalue weighted by Crippen LogP contribution is -2.40. The quantitative estimate of drug-likeness (QED) is 0.652. The van der Waals surface area contributed by atoms with Crippen molar-refractivity contribution in [3.8, 4) is 5.75 Å². The molecule has 0 radical (unpaired) electrons. The van der Waals surface area contributed by atoms with E-state index in [0.717, 1.165) is 43.7 Å². The standard InChI is InChI=1S/C16H23N3O/c1-17-16(18-10-12-6-7-12)19-11-13-8-9-20-15-5-3-2-4-14(13)15/h2-5,12-13H,6-11H2,1H3,(H2,17,18,19). The van der Waals surface area contributed by atoms with Gasteiger partial charge in [-0.1, -0.05) is 18.2 Å². The zero-order valence-electron chi connectivity index (χ0n) is 12.1. The molecule has 0 bridgehead atoms. The van der Waals surface area contributed by atoms with Crippen molar-refractivity contribution in [1.82, 2.24) is 10.6 Å². The number of fused-ring (bicyclic) bond motifs is 1. The lowest BCUT2D eigenvalue weighted by Gasteiger charge is -2.26. The van der Waals surface area contributed by atoms with Crippen LogP contribution in [0.15, 0.2) is 29.3 Å². The van der Waals surface area contributed by atoms with Gasteiger partial charge in [-0.2, -0.15) is 0 Å². The van der Waals surface area contributed by atoms with E-state index >= 15 is 0 Å². The van der Waals surface area contributed by atoms with Crippen molar-refractivity contribution in [2.45, 2.75) is 25.2 Å². The van der Waals surface area contributed by atoms with E-state index in [2.05, 4.69) is 33.8 Å². The summed E-state index contributed by atoms with van der Waals surface area (Å²) in [6.07, 6.45) is 3.78. The summed E-state index contributed by atoms with van der Waals surface area (Å²) in [6.45, 7) is 2.76. The topological polar surface area (TPSA) is 45.7 Å². The summed E-state index contributed by atoms with van der Waals surface area (Å²) in [6, 6.07) is 8.34. The van der Waals surface area contributed by atoms with Crippen molar-refractivity contribution < 1.29 is 4.74 Å². The van der Waals surface area contributed by atoms with Crippen molar-refractivity contribution in [3.63, 3.8) is 0 Å². The molecule has 1 saturated carbocycles. The van der Waals surface area contributed by atoms with Gasteiger partial charge in [-0.25, -0.2) is 0 Å². The molecule has 1 heterocycles. The minimum Gasteiger partial charge on any atom is -0.493 e. The zero-order chi connectivity index (χ0) is 13.8. The van der Waals surface area contributed by atoms with Gasteiger partial charge in [-0.15, -0.1) is 0 Å². The average molecular weight is 273 g/mol. The van der Waals surface area contributed by atoms with Crippen LogP contribution in [0.5, 0.6) is 5.75 Å². The van der Waals surface area contributed by atoms with Gasteiger partial charge in [-0.05, 0) is 36.8 Å². The first-order valence-electron chi connectivity index (χ1n) is 7.53. The van der Waals surface area contributed by atoms with E-state index < -0.39 is 0 Å². The molecule has 0 aromatic heterocycles. The largest absolute Gasteiger partial charge is 0.493 e. The predicted molar refractivity (Wildman–Crippen MR) is 81.4 cm³/mol. The molecule has 3 rings (SSSR count). The molecule has 4 heteroatoms. The summed E-state index contributed by atoms with van der Waals surface area (Å²) in [4.78, 5) is 4.29. The van der Waals surface area contributed by atoms with Gasteiger partial charge in [0.1, 0.15) is 5.75 Å². The Kier molecular flexibility index (Phi) is 4.09. The van der Waals surface area contributed by atoms with Crippen LogP contribution in [-0.2, 0) is 0 Å². The highest BCUT2D eigenvalue weighted by molar-refractivity contribution is 5.79. The minimum absolute atomic E-state index is 0.499. The van der Waals surface area contributed by atoms with Gasteiger partial charge in [-0.3, -0.25) is 4.99 Å². The summed E-state index contributed by atoms with van der Waals surface area (Å²) >= 11 is 0. The Bertz CT molecular complexity index is 482. The Morgan fingerprint density at radius 1 is 1.20 bits per heavy atom. The average Bonchev–Trinajstić information content (AvgIpc) is 3.32. The van der Waals surface area contributed by atoms with Crippen LogP contribution in [0.3, 0.4) is 0 Å². The van der Waals surface area contributed by atoms with Crippen LogP contribution >= 0.6 is 0 Å². The maximum Gasteiger partial charge on any atom is 0.191 e. The molecule has 1 aromatic rings. The first-order valence-corrected chi connectivity index (χ1v) is 7.53. The summed E-state index contributed by atoms with van der Waals surface area (Å²) in [5.74, 6) is 3.31. The molecule has 0 amide bonds. The molecular weight excluding hydrogens is 250 g/mol. The molecule has 1 fully saturated rings. The van der Waals surface area contributed by atoms with E-state index in [-0.39, 0.29) is 0 Å². The number of hydrogen-bond acceptors (Lipinski definition) is 2. The predicted octanol–water partition coefficient (Wildman–Crippen LogP) is 2.13. The number of rotatable bonds is 4. The molecule has 108 valence electrons. The van der Waals surface area contributed by atoms with Crippen LogP contribution in [0.25, 0.3) is 0 Å². The lowest BCUT2D eigenvalue weighted by molar-refractivity contribution is 0.267. The van der Waals surface area contributed by atoms with Crippen LogP contribution in [0.2, 0.25) is 0 Å². The van der Waals surface area contributed by atoms with Gasteiger partial charge in [0.25, 0.3) is 0 Å². The van der Waals surface area contributed by atoms with E-state index in [1.54, 1.807) is 0 Å². The van der Waals surface area contributed by atoms with E-state index in [9.17, 15) is 0 Å². The van der Waals surface area contributed by atoms with Crippen LogP contribution in [-0.4, -0.2) is 32.7 Å². The Labute approximate surface area is 120 Å². The fourth-order valence-corrected chi connectivity index (χ4v) is 2.63. The van der Waals surface area contributed by atoms with E-state index in [0.29, 0.717) is 5.92 Å². The number of benzene rings is 1. The molecule has 1 unspecified atom stereocenters. The molecule has 2 aliphatic rings. The third-order valence-electron chi connectivity index (χ3n) is 4.08. The second-order valence-electron chi connectivity index (χ2n) is 5.65. The number of aliphatic imine (C=N–C) groups is 1. The van der Waals surface area contributed by atoms with Gasteiger partial charge in [0.2, 0.25) is 0 Å². The minimum atomic E-state index is 0.499. The second kappa shape index (κ2) is 6.16. The van der Waals surface area contributed by atoms with E-state index in [1.165, 1.54) is 18.4 Å². The molecule has 1 aliphatic heterocycles. The third-order valence-corrected chi connectivity index (χ3v) is 4.08. The first-order chi connectivity index (χ1) is 9.86. The van der Waals surface area contributed by atoms with Gasteiger partial charge >= 0.3 is 0 Å². The first kappa shape index (κ1) is 13.3. The number of hydrogen-bond donors (Lipinski definition) is 2. The summed E-state index contributed by atoms with van der Waals surface area (Å²) in [7, 11) is 1.83. The van der Waals surface area contributed by atoms with Crippen LogP contribution in [0, 0.1) is 5.92 Å². The number of ether oxygens (including phenoxy) is 1. The number of nitrogens with zero attached hydrogens (tertiary/aromatic N) is 1. The molecule has 0 saturated heterocycles. The van der Waals surface area contributed by atoms with Crippen molar-refractivity contribution in [1.29, 1.82) is 0 Å². The normalized spacial score (nSPS) is 21.9. The molecule has 2 N–H and O–H groups in total. The van der Waals surface area contributed by atoms with Crippen molar-refractivity contribution in [3.05, 3.63) is 29.8 Å². The van der Waals surface area contributed by atoms with Gasteiger partial charge < -0.3 is 15.4 Å². The van der Waals surface area contributed by atoms with Gasteiger partial charge in [0.05, 0.1) is 6.61 Å². The zero-order valence-corrected chi connectivity index (χ0v) is 12.1. The second-order valence-corrected chi connectivity index (χ2v) is 5.65. The van der Waals surface area contributed by atoms with E-state index in [4.69, 9.17) is 4.74 Å². The van der Waals surface area contributed by atoms with Crippen molar-refractivity contribution in [2.24, 2.45) is 10.9 Å². The summed E-state index contributed by atoms with van der Waals surface area (Å²) in [5, 5.41) is 6.85. The molecule has 4 nitrogen and oxygen atoms in total. The van der Waals surface area contributed by atoms with Crippen molar-refractivity contribution >= 4 is 5.96 Å². The Morgan fingerprint density at radius 2 is 2.00 bits per heavy atom. The molecule has 0 spiro atoms. The Balaban J connectivity index is 1.55. The fraction of sp³-hybridized carbons (Fsp3) is 0.562. The monoisotopic (exact) mass is 273 g/mol. The Morgan fingerprint density at radius 3 is 2.80 bits per heavy atom. The van der Waals surface area contributed by atoms with Crippen LogP contribution in [0.4, 0.5) is 0 Å². The Hall–Kier alpha value is -1.71. The van der Waals surface area contributed by atoms with E-state index in [1.807, 2.05) is 13.1 Å².